The van der Waals surface area contributed by atoms with Crippen molar-refractivity contribution in [3.05, 3.63) is 23.3 Å². The lowest BCUT2D eigenvalue weighted by molar-refractivity contribution is 0.147. The van der Waals surface area contributed by atoms with E-state index in [9.17, 15) is 13.9 Å². The highest BCUT2D eigenvalue weighted by Crippen LogP contribution is 2.34. The Morgan fingerprint density at radius 2 is 2.13 bits per heavy atom. The van der Waals surface area contributed by atoms with Crippen LogP contribution in [0.4, 0.5) is 8.78 Å². The highest BCUT2D eigenvalue weighted by molar-refractivity contribution is 5.47. The average molecular weight is 217 g/mol. The van der Waals surface area contributed by atoms with Crippen LogP contribution in [0.25, 0.3) is 0 Å². The monoisotopic (exact) mass is 217 g/mol. The zero-order valence-corrected chi connectivity index (χ0v) is 8.55. The molecule has 0 amide bonds. The summed E-state index contributed by atoms with van der Waals surface area (Å²) in [7, 11) is 3.06. The molecule has 0 aliphatic heterocycles. The van der Waals surface area contributed by atoms with E-state index >= 15 is 0 Å². The van der Waals surface area contributed by atoms with Crippen molar-refractivity contribution in [1.82, 2.24) is 5.32 Å². The second-order valence-electron chi connectivity index (χ2n) is 3.06. The summed E-state index contributed by atoms with van der Waals surface area (Å²) in [6.45, 7) is 0.308. The van der Waals surface area contributed by atoms with Crippen LogP contribution in [0.3, 0.4) is 0 Å². The molecule has 2 N–H and O–H groups in total. The molecule has 84 valence electrons. The number of aromatic hydroxyl groups is 1. The zero-order valence-electron chi connectivity index (χ0n) is 8.55. The molecule has 0 radical (unpaired) electrons. The van der Waals surface area contributed by atoms with Crippen LogP contribution in [0.15, 0.2) is 12.1 Å². The standard InChI is InChI=1S/C10H13F2NO2/c1-13-5-6-3-7(15-2)4-8(9(6)14)10(11)12/h3-4,10,13-14H,5H2,1-2H3. The van der Waals surface area contributed by atoms with Crippen LogP contribution in [0.2, 0.25) is 0 Å². The second kappa shape index (κ2) is 4.93. The molecule has 0 bridgehead atoms. The number of rotatable bonds is 4. The number of phenols is 1. The van der Waals surface area contributed by atoms with E-state index in [1.807, 2.05) is 0 Å². The summed E-state index contributed by atoms with van der Waals surface area (Å²) in [4.78, 5) is 0. The van der Waals surface area contributed by atoms with Gasteiger partial charge in [0.25, 0.3) is 6.43 Å². The molecule has 0 unspecified atom stereocenters. The fourth-order valence-corrected chi connectivity index (χ4v) is 1.30. The predicted molar refractivity (Wildman–Crippen MR) is 52.4 cm³/mol. The van der Waals surface area contributed by atoms with Crippen LogP contribution >= 0.6 is 0 Å². The van der Waals surface area contributed by atoms with Crippen molar-refractivity contribution < 1.29 is 18.6 Å². The van der Waals surface area contributed by atoms with E-state index in [0.29, 0.717) is 17.9 Å². The Bertz CT molecular complexity index is 342. The first-order valence-corrected chi connectivity index (χ1v) is 4.42. The maximum atomic E-state index is 12.5. The molecule has 0 aliphatic rings. The third-order valence-corrected chi connectivity index (χ3v) is 2.03. The minimum atomic E-state index is -2.71. The number of hydrogen-bond acceptors (Lipinski definition) is 3. The van der Waals surface area contributed by atoms with Gasteiger partial charge in [-0.3, -0.25) is 0 Å². The number of nitrogens with one attached hydrogen (secondary N) is 1. The van der Waals surface area contributed by atoms with Gasteiger partial charge in [0.1, 0.15) is 11.5 Å². The summed E-state index contributed by atoms with van der Waals surface area (Å²) in [5.41, 5.74) is -0.00764. The largest absolute Gasteiger partial charge is 0.507 e. The third kappa shape index (κ3) is 2.56. The van der Waals surface area contributed by atoms with E-state index in [4.69, 9.17) is 4.74 Å². The van der Waals surface area contributed by atoms with Crippen molar-refractivity contribution >= 4 is 0 Å². The molecule has 0 fully saturated rings. The van der Waals surface area contributed by atoms with E-state index in [0.717, 1.165) is 6.07 Å². The van der Waals surface area contributed by atoms with Crippen LogP contribution in [0.5, 0.6) is 11.5 Å². The van der Waals surface area contributed by atoms with Gasteiger partial charge in [-0.1, -0.05) is 0 Å². The summed E-state index contributed by atoms with van der Waals surface area (Å²) < 4.78 is 29.9. The van der Waals surface area contributed by atoms with Crippen molar-refractivity contribution in [3.63, 3.8) is 0 Å². The van der Waals surface area contributed by atoms with Gasteiger partial charge in [0, 0.05) is 12.1 Å². The van der Waals surface area contributed by atoms with Gasteiger partial charge in [-0.05, 0) is 19.2 Å². The van der Waals surface area contributed by atoms with Crippen LogP contribution in [-0.4, -0.2) is 19.3 Å². The van der Waals surface area contributed by atoms with Gasteiger partial charge in [-0.25, -0.2) is 8.78 Å². The van der Waals surface area contributed by atoms with Crippen molar-refractivity contribution in [2.75, 3.05) is 14.2 Å². The molecular weight excluding hydrogens is 204 g/mol. The van der Waals surface area contributed by atoms with Crippen LogP contribution in [0.1, 0.15) is 17.6 Å². The predicted octanol–water partition coefficient (Wildman–Crippen LogP) is 2.06. The van der Waals surface area contributed by atoms with Gasteiger partial charge in [0.05, 0.1) is 12.7 Å². The Morgan fingerprint density at radius 3 is 2.60 bits per heavy atom. The smallest absolute Gasteiger partial charge is 0.267 e. The second-order valence-corrected chi connectivity index (χ2v) is 3.06. The number of halogens is 2. The summed E-state index contributed by atoms with van der Waals surface area (Å²) in [6.07, 6.45) is -2.71. The summed E-state index contributed by atoms with van der Waals surface area (Å²) in [5, 5.41) is 12.3. The highest BCUT2D eigenvalue weighted by Gasteiger charge is 2.17. The van der Waals surface area contributed by atoms with E-state index in [1.165, 1.54) is 13.2 Å². The normalized spacial score (nSPS) is 10.7. The van der Waals surface area contributed by atoms with Crippen molar-refractivity contribution in [2.24, 2.45) is 0 Å². The lowest BCUT2D eigenvalue weighted by Crippen LogP contribution is -2.06. The maximum Gasteiger partial charge on any atom is 0.267 e. The van der Waals surface area contributed by atoms with Gasteiger partial charge in [-0.15, -0.1) is 0 Å². The van der Waals surface area contributed by atoms with Crippen LogP contribution in [0, 0.1) is 0 Å². The Hall–Kier alpha value is -1.36. The first kappa shape index (κ1) is 11.7. The molecule has 0 aliphatic carbocycles. The van der Waals surface area contributed by atoms with Gasteiger partial charge in [0.2, 0.25) is 0 Å². The van der Waals surface area contributed by atoms with Crippen LogP contribution < -0.4 is 10.1 Å². The van der Waals surface area contributed by atoms with Gasteiger partial charge < -0.3 is 15.2 Å². The number of phenolic OH excluding ortho intramolecular Hbond substituents is 1. The van der Waals surface area contributed by atoms with Crippen molar-refractivity contribution in [1.29, 1.82) is 0 Å². The molecule has 0 saturated carbocycles. The molecule has 0 atom stereocenters. The van der Waals surface area contributed by atoms with Crippen molar-refractivity contribution in [3.8, 4) is 11.5 Å². The molecule has 0 spiro atoms. The van der Waals surface area contributed by atoms with Crippen molar-refractivity contribution in [2.45, 2.75) is 13.0 Å². The quantitative estimate of drug-likeness (QED) is 0.811. The molecule has 0 saturated heterocycles. The third-order valence-electron chi connectivity index (χ3n) is 2.03. The first-order chi connectivity index (χ1) is 7.10. The summed E-state index contributed by atoms with van der Waals surface area (Å²) in [6, 6.07) is 2.66. The first-order valence-electron chi connectivity index (χ1n) is 4.42. The summed E-state index contributed by atoms with van der Waals surface area (Å²) in [5.74, 6) is -0.0616. The minimum absolute atomic E-state index is 0.308. The Labute approximate surface area is 86.7 Å². The van der Waals surface area contributed by atoms with Crippen LogP contribution in [-0.2, 0) is 6.54 Å². The Morgan fingerprint density at radius 1 is 1.47 bits per heavy atom. The van der Waals surface area contributed by atoms with E-state index in [1.54, 1.807) is 7.05 Å². The van der Waals surface area contributed by atoms with E-state index < -0.39 is 12.0 Å². The molecule has 15 heavy (non-hydrogen) atoms. The fraction of sp³-hybridized carbons (Fsp3) is 0.400. The fourth-order valence-electron chi connectivity index (χ4n) is 1.30. The summed E-state index contributed by atoms with van der Waals surface area (Å²) >= 11 is 0. The molecule has 3 nitrogen and oxygen atoms in total. The number of methoxy groups -OCH3 is 1. The van der Waals surface area contributed by atoms with Gasteiger partial charge in [-0.2, -0.15) is 0 Å². The molecule has 1 aromatic rings. The maximum absolute atomic E-state index is 12.5. The Kier molecular flexibility index (Phi) is 3.85. The lowest BCUT2D eigenvalue weighted by atomic mass is 10.1. The minimum Gasteiger partial charge on any atom is -0.507 e. The SMILES string of the molecule is CNCc1cc(OC)cc(C(F)F)c1O. The number of alkyl halides is 2. The topological polar surface area (TPSA) is 41.5 Å². The molecule has 5 heteroatoms. The van der Waals surface area contributed by atoms with E-state index in [-0.39, 0.29) is 5.75 Å². The Balaban J connectivity index is 3.20. The molecule has 1 rings (SSSR count). The van der Waals surface area contributed by atoms with Gasteiger partial charge in [0.15, 0.2) is 0 Å². The lowest BCUT2D eigenvalue weighted by Gasteiger charge is -2.11. The average Bonchev–Trinajstić information content (AvgIpc) is 2.21. The number of ether oxygens (including phenoxy) is 1. The van der Waals surface area contributed by atoms with Gasteiger partial charge >= 0.3 is 0 Å². The zero-order chi connectivity index (χ0) is 11.4. The molecule has 0 aromatic heterocycles. The molecular formula is C10H13F2NO2. The number of hydrogen-bond donors (Lipinski definition) is 2. The van der Waals surface area contributed by atoms with E-state index in [2.05, 4.69) is 5.32 Å². The number of benzene rings is 1. The molecule has 1 aromatic carbocycles. The highest BCUT2D eigenvalue weighted by atomic mass is 19.3. The molecule has 0 heterocycles.